The third-order valence-electron chi connectivity index (χ3n) is 3.29. The fraction of sp³-hybridized carbons (Fsp3) is 0.235. The summed E-state index contributed by atoms with van der Waals surface area (Å²) in [6.45, 7) is 5.41. The van der Waals surface area contributed by atoms with E-state index in [1.165, 1.54) is 10.9 Å². The highest BCUT2D eigenvalue weighted by atomic mass is 16.6. The summed E-state index contributed by atoms with van der Waals surface area (Å²) in [5.41, 5.74) is 4.50. The van der Waals surface area contributed by atoms with Crippen molar-refractivity contribution in [1.29, 1.82) is 0 Å². The van der Waals surface area contributed by atoms with Gasteiger partial charge in [-0.25, -0.2) is 9.78 Å². The number of fused-ring (bicyclic) bond motifs is 1. The second-order valence-electron chi connectivity index (χ2n) is 6.49. The molecule has 0 unspecified atom stereocenters. The zero-order valence-corrected chi connectivity index (χ0v) is 14.1. The van der Waals surface area contributed by atoms with Crippen LogP contribution in [-0.2, 0) is 4.74 Å². The van der Waals surface area contributed by atoms with Gasteiger partial charge in [-0.3, -0.25) is 9.36 Å². The van der Waals surface area contributed by atoms with E-state index in [1.54, 1.807) is 51.4 Å². The van der Waals surface area contributed by atoms with E-state index in [-0.39, 0.29) is 11.6 Å². The Kier molecular flexibility index (Phi) is 3.96. The number of hydrogen-bond acceptors (Lipinski definition) is 6. The number of nitrogens with one attached hydrogen (secondary N) is 1. The fourth-order valence-electron chi connectivity index (χ4n) is 2.19. The lowest BCUT2D eigenvalue weighted by Gasteiger charge is -2.19. The van der Waals surface area contributed by atoms with Crippen LogP contribution in [0.1, 0.15) is 20.8 Å². The van der Waals surface area contributed by atoms with Crippen molar-refractivity contribution in [3.05, 3.63) is 47.3 Å². The van der Waals surface area contributed by atoms with E-state index < -0.39 is 17.3 Å². The van der Waals surface area contributed by atoms with Crippen LogP contribution >= 0.6 is 0 Å². The first kappa shape index (κ1) is 16.6. The van der Waals surface area contributed by atoms with Crippen LogP contribution in [0.2, 0.25) is 0 Å². The van der Waals surface area contributed by atoms with Crippen LogP contribution in [0.3, 0.4) is 0 Å². The van der Waals surface area contributed by atoms with Crippen molar-refractivity contribution in [2.45, 2.75) is 26.4 Å². The Morgan fingerprint density at radius 3 is 2.68 bits per heavy atom. The number of aromatic amines is 1. The minimum Gasteiger partial charge on any atom is -0.443 e. The molecule has 3 rings (SSSR count). The molecule has 0 atom stereocenters. The van der Waals surface area contributed by atoms with Gasteiger partial charge in [-0.05, 0) is 39.0 Å². The summed E-state index contributed by atoms with van der Waals surface area (Å²) in [5.74, 6) is 0.467. The number of aromatic nitrogens is 3. The summed E-state index contributed by atoms with van der Waals surface area (Å²) in [6.07, 6.45) is 4.07. The highest BCUT2D eigenvalue weighted by molar-refractivity contribution is 5.88. The van der Waals surface area contributed by atoms with Gasteiger partial charge in [0.15, 0.2) is 5.69 Å². The van der Waals surface area contributed by atoms with Gasteiger partial charge in [0.05, 0.1) is 6.33 Å². The van der Waals surface area contributed by atoms with E-state index in [1.807, 2.05) is 0 Å². The average Bonchev–Trinajstić information content (AvgIpc) is 2.94. The minimum atomic E-state index is -0.578. The first-order valence-electron chi connectivity index (χ1n) is 7.59. The van der Waals surface area contributed by atoms with Gasteiger partial charge in [0.2, 0.25) is 5.88 Å². The number of H-pyrrole nitrogens is 1. The molecular formula is C17H18N4O4. The Bertz CT molecular complexity index is 998. The highest BCUT2D eigenvalue weighted by Gasteiger charge is 2.18. The third kappa shape index (κ3) is 3.63. The van der Waals surface area contributed by atoms with Gasteiger partial charge in [0.1, 0.15) is 11.4 Å². The Hall–Kier alpha value is -3.29. The second kappa shape index (κ2) is 5.97. The first-order valence-corrected chi connectivity index (χ1v) is 7.59. The standard InChI is InChI=1S/C17H18N4O4/c1-17(2,3)25-16(23)21-7-10-4-5-12(6-11(10)8-21)24-15-13(18)14(22)19-9-20-15/h4-9H,18H2,1-3H3,(H,19,20,22). The zero-order chi connectivity index (χ0) is 18.2. The van der Waals surface area contributed by atoms with Crippen molar-refractivity contribution in [2.75, 3.05) is 5.73 Å². The molecule has 0 amide bonds. The maximum absolute atomic E-state index is 12.1. The predicted octanol–water partition coefficient (Wildman–Crippen LogP) is 2.88. The molecule has 0 aliphatic carbocycles. The van der Waals surface area contributed by atoms with Gasteiger partial charge in [0.25, 0.3) is 5.56 Å². The second-order valence-corrected chi connectivity index (χ2v) is 6.49. The molecular weight excluding hydrogens is 324 g/mol. The predicted molar refractivity (Wildman–Crippen MR) is 92.9 cm³/mol. The number of nitrogens with zero attached hydrogens (tertiary/aromatic N) is 2. The van der Waals surface area contributed by atoms with Gasteiger partial charge in [-0.15, -0.1) is 0 Å². The van der Waals surface area contributed by atoms with E-state index in [0.717, 1.165) is 10.8 Å². The van der Waals surface area contributed by atoms with E-state index in [2.05, 4.69) is 9.97 Å². The molecule has 25 heavy (non-hydrogen) atoms. The van der Waals surface area contributed by atoms with Crippen LogP contribution in [0.5, 0.6) is 11.6 Å². The molecule has 1 aromatic carbocycles. The fourth-order valence-corrected chi connectivity index (χ4v) is 2.19. The number of carbonyl (C=O) groups excluding carboxylic acids is 1. The summed E-state index contributed by atoms with van der Waals surface area (Å²) in [7, 11) is 0. The monoisotopic (exact) mass is 342 g/mol. The number of nitrogens with two attached hydrogens (primary N) is 1. The van der Waals surface area contributed by atoms with Crippen molar-refractivity contribution in [3.8, 4) is 11.6 Å². The van der Waals surface area contributed by atoms with E-state index in [4.69, 9.17) is 15.2 Å². The van der Waals surface area contributed by atoms with Gasteiger partial charge in [0, 0.05) is 23.2 Å². The number of carbonyl (C=O) groups is 1. The molecule has 0 radical (unpaired) electrons. The Balaban J connectivity index is 1.89. The molecule has 0 saturated carbocycles. The van der Waals surface area contributed by atoms with Crippen LogP contribution in [0.15, 0.2) is 41.7 Å². The van der Waals surface area contributed by atoms with Crippen molar-refractivity contribution >= 4 is 22.6 Å². The molecule has 0 aliphatic heterocycles. The van der Waals surface area contributed by atoms with Crippen molar-refractivity contribution in [1.82, 2.24) is 14.5 Å². The summed E-state index contributed by atoms with van der Waals surface area (Å²) in [5, 5.41) is 1.61. The normalized spacial score (nSPS) is 11.5. The molecule has 2 aromatic heterocycles. The molecule has 2 heterocycles. The van der Waals surface area contributed by atoms with Crippen LogP contribution in [-0.4, -0.2) is 26.2 Å². The van der Waals surface area contributed by atoms with Crippen LogP contribution in [0, 0.1) is 0 Å². The molecule has 0 aliphatic rings. The lowest BCUT2D eigenvalue weighted by Crippen LogP contribution is -2.26. The number of anilines is 1. The van der Waals surface area contributed by atoms with Crippen molar-refractivity contribution < 1.29 is 14.3 Å². The van der Waals surface area contributed by atoms with E-state index >= 15 is 0 Å². The summed E-state index contributed by atoms with van der Waals surface area (Å²) >= 11 is 0. The van der Waals surface area contributed by atoms with Crippen LogP contribution in [0.4, 0.5) is 10.5 Å². The van der Waals surface area contributed by atoms with Crippen LogP contribution < -0.4 is 16.0 Å². The van der Waals surface area contributed by atoms with Gasteiger partial charge in [-0.1, -0.05) is 0 Å². The lowest BCUT2D eigenvalue weighted by molar-refractivity contribution is 0.0538. The summed E-state index contributed by atoms with van der Waals surface area (Å²) in [4.78, 5) is 29.9. The molecule has 0 saturated heterocycles. The van der Waals surface area contributed by atoms with E-state index in [0.29, 0.717) is 5.75 Å². The Morgan fingerprint density at radius 1 is 1.24 bits per heavy atom. The summed E-state index contributed by atoms with van der Waals surface area (Å²) < 4.78 is 12.3. The Morgan fingerprint density at radius 2 is 1.96 bits per heavy atom. The maximum Gasteiger partial charge on any atom is 0.418 e. The SMILES string of the molecule is CC(C)(C)OC(=O)n1cc2ccc(Oc3nc[nH]c(=O)c3N)cc2c1. The molecule has 3 aromatic rings. The number of ether oxygens (including phenoxy) is 2. The van der Waals surface area contributed by atoms with Crippen molar-refractivity contribution in [3.63, 3.8) is 0 Å². The third-order valence-corrected chi connectivity index (χ3v) is 3.29. The molecule has 0 fully saturated rings. The topological polar surface area (TPSA) is 112 Å². The molecule has 3 N–H and O–H groups in total. The van der Waals surface area contributed by atoms with E-state index in [9.17, 15) is 9.59 Å². The smallest absolute Gasteiger partial charge is 0.418 e. The number of hydrogen-bond donors (Lipinski definition) is 2. The first-order chi connectivity index (χ1) is 11.7. The van der Waals surface area contributed by atoms with Gasteiger partial charge < -0.3 is 20.2 Å². The van der Waals surface area contributed by atoms with Gasteiger partial charge >= 0.3 is 6.09 Å². The molecule has 0 bridgehead atoms. The molecule has 8 heteroatoms. The quantitative estimate of drug-likeness (QED) is 0.740. The zero-order valence-electron chi connectivity index (χ0n) is 14.1. The number of nitrogen functional groups attached to an aromatic ring is 1. The molecule has 130 valence electrons. The number of rotatable bonds is 2. The number of benzene rings is 1. The molecule has 8 nitrogen and oxygen atoms in total. The summed E-state index contributed by atoms with van der Waals surface area (Å²) in [6, 6.07) is 5.21. The lowest BCUT2D eigenvalue weighted by atomic mass is 10.2. The molecule has 0 spiro atoms. The largest absolute Gasteiger partial charge is 0.443 e. The highest BCUT2D eigenvalue weighted by Crippen LogP contribution is 2.27. The van der Waals surface area contributed by atoms with Crippen molar-refractivity contribution in [2.24, 2.45) is 0 Å². The Labute approximate surface area is 143 Å². The maximum atomic E-state index is 12.1. The minimum absolute atomic E-state index is 0.0228. The van der Waals surface area contributed by atoms with Gasteiger partial charge in [-0.2, -0.15) is 0 Å². The van der Waals surface area contributed by atoms with Crippen LogP contribution in [0.25, 0.3) is 10.8 Å². The average molecular weight is 342 g/mol.